The highest BCUT2D eigenvalue weighted by Gasteiger charge is 2.10. The van der Waals surface area contributed by atoms with Crippen molar-refractivity contribution in [3.8, 4) is 22.3 Å². The molecule has 0 saturated carbocycles. The molecule has 0 unspecified atom stereocenters. The van der Waals surface area contributed by atoms with Crippen LogP contribution in [0.5, 0.6) is 0 Å². The minimum Gasteiger partial charge on any atom is -0.142 e. The fourth-order valence-corrected chi connectivity index (χ4v) is 2.81. The van der Waals surface area contributed by atoms with Crippen molar-refractivity contribution in [1.29, 1.82) is 0 Å². The molecule has 0 N–H and O–H groups in total. The average molecular weight is 294 g/mol. The van der Waals surface area contributed by atoms with Crippen molar-refractivity contribution >= 4 is 25.3 Å². The molecule has 3 rings (SSSR count). The molecule has 20 heavy (non-hydrogen) atoms. The normalized spacial score (nSPS) is 10.5. The van der Waals surface area contributed by atoms with E-state index in [1.54, 1.807) is 0 Å². The molecule has 0 radical (unpaired) electrons. The third kappa shape index (κ3) is 2.49. The molecule has 0 heterocycles. The van der Waals surface area contributed by atoms with Gasteiger partial charge in [-0.25, -0.2) is 0 Å². The summed E-state index contributed by atoms with van der Waals surface area (Å²) in [5.41, 5.74) is 4.71. The monoisotopic (exact) mass is 294 g/mol. The van der Waals surface area contributed by atoms with E-state index in [0.29, 0.717) is 0 Å². The molecule has 0 aliphatic rings. The molecule has 0 aliphatic heterocycles. The number of hydrogen-bond donors (Lipinski definition) is 2. The SMILES string of the molecule is Sc1cccc(-c2ccccc2-c2ccccc2)c1S. The van der Waals surface area contributed by atoms with Crippen molar-refractivity contribution < 1.29 is 0 Å². The standard InChI is InChI=1S/C18H14S2/c19-17-12-6-11-16(18(17)20)15-10-5-4-9-14(15)13-7-2-1-3-8-13/h1-12,19-20H. The van der Waals surface area contributed by atoms with Crippen molar-refractivity contribution in [2.45, 2.75) is 9.79 Å². The molecule has 0 nitrogen and oxygen atoms in total. The number of hydrogen-bond acceptors (Lipinski definition) is 2. The Kier molecular flexibility index (Phi) is 3.86. The maximum Gasteiger partial charge on any atom is 0.0253 e. The van der Waals surface area contributed by atoms with Gasteiger partial charge in [0.1, 0.15) is 0 Å². The van der Waals surface area contributed by atoms with Crippen LogP contribution in [0.2, 0.25) is 0 Å². The van der Waals surface area contributed by atoms with Gasteiger partial charge in [0.05, 0.1) is 0 Å². The van der Waals surface area contributed by atoms with Gasteiger partial charge in [-0.2, -0.15) is 0 Å². The molecule has 2 heteroatoms. The molecule has 0 aliphatic carbocycles. The third-order valence-corrected chi connectivity index (χ3v) is 4.35. The van der Waals surface area contributed by atoms with Crippen molar-refractivity contribution in [3.63, 3.8) is 0 Å². The van der Waals surface area contributed by atoms with E-state index in [4.69, 9.17) is 0 Å². The van der Waals surface area contributed by atoms with Gasteiger partial charge in [0.25, 0.3) is 0 Å². The lowest BCUT2D eigenvalue weighted by Gasteiger charge is -2.13. The molecule has 0 fully saturated rings. The summed E-state index contributed by atoms with van der Waals surface area (Å²) in [6, 6.07) is 24.9. The fourth-order valence-electron chi connectivity index (χ4n) is 2.34. The van der Waals surface area contributed by atoms with E-state index in [0.717, 1.165) is 15.4 Å². The van der Waals surface area contributed by atoms with Crippen LogP contribution in [-0.2, 0) is 0 Å². The van der Waals surface area contributed by atoms with Crippen LogP contribution < -0.4 is 0 Å². The first kappa shape index (κ1) is 13.3. The summed E-state index contributed by atoms with van der Waals surface area (Å²) in [6.07, 6.45) is 0. The molecule has 0 saturated heterocycles. The lowest BCUT2D eigenvalue weighted by Crippen LogP contribution is -1.87. The maximum atomic E-state index is 4.61. The van der Waals surface area contributed by atoms with Gasteiger partial charge in [-0.05, 0) is 28.3 Å². The summed E-state index contributed by atoms with van der Waals surface area (Å²) < 4.78 is 0. The van der Waals surface area contributed by atoms with Crippen molar-refractivity contribution in [2.24, 2.45) is 0 Å². The molecule has 0 aromatic heterocycles. The zero-order valence-corrected chi connectivity index (χ0v) is 12.6. The van der Waals surface area contributed by atoms with Crippen LogP contribution in [0.3, 0.4) is 0 Å². The minimum atomic E-state index is 0.897. The highest BCUT2D eigenvalue weighted by molar-refractivity contribution is 7.83. The number of rotatable bonds is 2. The quantitative estimate of drug-likeness (QED) is 0.565. The van der Waals surface area contributed by atoms with Crippen LogP contribution in [-0.4, -0.2) is 0 Å². The van der Waals surface area contributed by atoms with Gasteiger partial charge in [-0.1, -0.05) is 66.7 Å². The molecule has 98 valence electrons. The molecule has 0 atom stereocenters. The topological polar surface area (TPSA) is 0 Å². The van der Waals surface area contributed by atoms with Gasteiger partial charge in [0.15, 0.2) is 0 Å². The zero-order chi connectivity index (χ0) is 13.9. The van der Waals surface area contributed by atoms with Gasteiger partial charge in [0.2, 0.25) is 0 Å². The van der Waals surface area contributed by atoms with Crippen LogP contribution in [0.1, 0.15) is 0 Å². The first-order valence-electron chi connectivity index (χ1n) is 6.43. The van der Waals surface area contributed by atoms with Crippen LogP contribution >= 0.6 is 25.3 Å². The molecule has 3 aromatic carbocycles. The van der Waals surface area contributed by atoms with Crippen LogP contribution in [0.15, 0.2) is 82.6 Å². The molecule has 0 bridgehead atoms. The van der Waals surface area contributed by atoms with E-state index in [2.05, 4.69) is 79.9 Å². The molecule has 0 amide bonds. The van der Waals surface area contributed by atoms with E-state index in [-0.39, 0.29) is 0 Å². The Labute approximate surface area is 130 Å². The molecular weight excluding hydrogens is 280 g/mol. The highest BCUT2D eigenvalue weighted by atomic mass is 32.1. The summed E-state index contributed by atoms with van der Waals surface area (Å²) >= 11 is 9.07. The second-order valence-electron chi connectivity index (χ2n) is 4.58. The molecular formula is C18H14S2. The largest absolute Gasteiger partial charge is 0.142 e. The van der Waals surface area contributed by atoms with Gasteiger partial charge in [0, 0.05) is 9.79 Å². The zero-order valence-electron chi connectivity index (χ0n) is 10.8. The Morgan fingerprint density at radius 2 is 1.10 bits per heavy atom. The first-order chi connectivity index (χ1) is 9.77. The minimum absolute atomic E-state index is 0.897. The Morgan fingerprint density at radius 3 is 1.85 bits per heavy atom. The Morgan fingerprint density at radius 1 is 0.500 bits per heavy atom. The van der Waals surface area contributed by atoms with E-state index < -0.39 is 0 Å². The van der Waals surface area contributed by atoms with Gasteiger partial charge >= 0.3 is 0 Å². The predicted octanol–water partition coefficient (Wildman–Crippen LogP) is 5.60. The van der Waals surface area contributed by atoms with Gasteiger partial charge < -0.3 is 0 Å². The van der Waals surface area contributed by atoms with E-state index >= 15 is 0 Å². The summed E-state index contributed by atoms with van der Waals surface area (Å²) in [4.78, 5) is 1.81. The van der Waals surface area contributed by atoms with Crippen LogP contribution in [0.4, 0.5) is 0 Å². The van der Waals surface area contributed by atoms with Crippen molar-refractivity contribution in [3.05, 3.63) is 72.8 Å². The second kappa shape index (κ2) is 5.78. The lowest BCUT2D eigenvalue weighted by atomic mass is 9.95. The molecule has 0 spiro atoms. The summed E-state index contributed by atoms with van der Waals surface area (Å²) in [5, 5.41) is 0. The smallest absolute Gasteiger partial charge is 0.0253 e. The van der Waals surface area contributed by atoms with E-state index in [1.807, 2.05) is 18.2 Å². The Bertz CT molecular complexity index is 733. The Balaban J connectivity index is 2.23. The fraction of sp³-hybridized carbons (Fsp3) is 0. The first-order valence-corrected chi connectivity index (χ1v) is 7.32. The van der Waals surface area contributed by atoms with Crippen LogP contribution in [0.25, 0.3) is 22.3 Å². The van der Waals surface area contributed by atoms with Crippen LogP contribution in [0, 0.1) is 0 Å². The Hall–Kier alpha value is -1.64. The average Bonchev–Trinajstić information content (AvgIpc) is 2.51. The van der Waals surface area contributed by atoms with Crippen molar-refractivity contribution in [2.75, 3.05) is 0 Å². The highest BCUT2D eigenvalue weighted by Crippen LogP contribution is 2.37. The lowest BCUT2D eigenvalue weighted by molar-refractivity contribution is 1.27. The van der Waals surface area contributed by atoms with E-state index in [9.17, 15) is 0 Å². The summed E-state index contributed by atoms with van der Waals surface area (Å²) in [7, 11) is 0. The van der Waals surface area contributed by atoms with E-state index in [1.165, 1.54) is 16.7 Å². The maximum absolute atomic E-state index is 4.61. The van der Waals surface area contributed by atoms with Gasteiger partial charge in [-0.15, -0.1) is 25.3 Å². The number of benzene rings is 3. The third-order valence-electron chi connectivity index (χ3n) is 3.32. The number of thiol groups is 2. The summed E-state index contributed by atoms with van der Waals surface area (Å²) in [5.74, 6) is 0. The molecule has 3 aromatic rings. The second-order valence-corrected chi connectivity index (χ2v) is 5.51. The van der Waals surface area contributed by atoms with Crippen molar-refractivity contribution in [1.82, 2.24) is 0 Å². The summed E-state index contributed by atoms with van der Waals surface area (Å²) in [6.45, 7) is 0. The predicted molar refractivity (Wildman–Crippen MR) is 91.8 cm³/mol. The van der Waals surface area contributed by atoms with Gasteiger partial charge in [-0.3, -0.25) is 0 Å².